The maximum Gasteiger partial charge on any atom is 0.263 e. The first-order chi connectivity index (χ1) is 16.9. The Hall–Kier alpha value is -4.73. The van der Waals surface area contributed by atoms with Gasteiger partial charge in [0.15, 0.2) is 12.3 Å². The van der Waals surface area contributed by atoms with Gasteiger partial charge < -0.3 is 10.1 Å². The number of benzene rings is 2. The summed E-state index contributed by atoms with van der Waals surface area (Å²) in [7, 11) is 0. The normalized spacial score (nSPS) is 11.1. The fourth-order valence-corrected chi connectivity index (χ4v) is 3.67. The molecular formula is C25H23N7O3. The van der Waals surface area contributed by atoms with E-state index in [2.05, 4.69) is 25.5 Å². The lowest BCUT2D eigenvalue weighted by molar-refractivity contribution is -0.118. The zero-order chi connectivity index (χ0) is 24.5. The number of nitrogens with zero attached hydrogens (tertiary/aromatic N) is 5. The first-order valence-electron chi connectivity index (χ1n) is 11.0. The van der Waals surface area contributed by atoms with Crippen LogP contribution >= 0.6 is 0 Å². The summed E-state index contributed by atoms with van der Waals surface area (Å²) < 4.78 is 8.61. The van der Waals surface area contributed by atoms with Gasteiger partial charge >= 0.3 is 0 Å². The number of carbonyl (C=O) groups excluding carboxylic acids is 1. The lowest BCUT2D eigenvalue weighted by Gasteiger charge is -2.11. The van der Waals surface area contributed by atoms with Crippen molar-refractivity contribution in [2.75, 3.05) is 11.9 Å². The molecule has 1 amide bonds. The van der Waals surface area contributed by atoms with Crippen LogP contribution in [0.5, 0.6) is 5.75 Å². The number of rotatable bonds is 6. The van der Waals surface area contributed by atoms with Crippen molar-refractivity contribution < 1.29 is 9.53 Å². The highest BCUT2D eigenvalue weighted by molar-refractivity contribution is 5.91. The molecule has 2 aromatic carbocycles. The third-order valence-corrected chi connectivity index (χ3v) is 5.46. The van der Waals surface area contributed by atoms with Crippen LogP contribution in [0.2, 0.25) is 0 Å². The van der Waals surface area contributed by atoms with Crippen LogP contribution in [-0.4, -0.2) is 42.0 Å². The van der Waals surface area contributed by atoms with Gasteiger partial charge in [0.25, 0.3) is 11.5 Å². The van der Waals surface area contributed by atoms with Crippen molar-refractivity contribution in [3.05, 3.63) is 88.0 Å². The highest BCUT2D eigenvalue weighted by Crippen LogP contribution is 2.19. The molecule has 0 aliphatic carbocycles. The molecule has 5 rings (SSSR count). The van der Waals surface area contributed by atoms with Crippen LogP contribution in [0, 0.1) is 20.8 Å². The molecule has 35 heavy (non-hydrogen) atoms. The molecule has 10 heteroatoms. The Morgan fingerprint density at radius 2 is 1.83 bits per heavy atom. The number of carbonyl (C=O) groups is 1. The summed E-state index contributed by atoms with van der Waals surface area (Å²) in [5.41, 5.74) is 3.46. The molecule has 5 aromatic rings. The Labute approximate surface area is 200 Å². The molecule has 0 atom stereocenters. The van der Waals surface area contributed by atoms with Gasteiger partial charge in [0.2, 0.25) is 5.95 Å². The second-order valence-corrected chi connectivity index (χ2v) is 8.20. The van der Waals surface area contributed by atoms with Crippen LogP contribution in [0.1, 0.15) is 16.8 Å². The quantitative estimate of drug-likeness (QED) is 0.394. The van der Waals surface area contributed by atoms with Crippen molar-refractivity contribution in [2.45, 2.75) is 20.8 Å². The first kappa shape index (κ1) is 22.1. The molecule has 0 aliphatic rings. The molecule has 0 aliphatic heterocycles. The zero-order valence-electron chi connectivity index (χ0n) is 19.4. The van der Waals surface area contributed by atoms with Crippen LogP contribution in [-0.2, 0) is 4.79 Å². The minimum absolute atomic E-state index is 0.152. The van der Waals surface area contributed by atoms with E-state index in [1.165, 1.54) is 10.9 Å². The van der Waals surface area contributed by atoms with Crippen molar-refractivity contribution in [1.29, 1.82) is 0 Å². The van der Waals surface area contributed by atoms with Gasteiger partial charge in [0.1, 0.15) is 17.0 Å². The number of H-pyrrole nitrogens is 1. The summed E-state index contributed by atoms with van der Waals surface area (Å²) in [4.78, 5) is 32.8. The van der Waals surface area contributed by atoms with Gasteiger partial charge in [-0.25, -0.2) is 4.68 Å². The average Bonchev–Trinajstić information content (AvgIpc) is 3.42. The molecule has 0 saturated carbocycles. The summed E-state index contributed by atoms with van der Waals surface area (Å²) >= 11 is 0. The van der Waals surface area contributed by atoms with E-state index in [1.54, 1.807) is 23.7 Å². The number of hydrogen-bond acceptors (Lipinski definition) is 6. The number of amides is 1. The molecule has 2 N–H and O–H groups in total. The van der Waals surface area contributed by atoms with Gasteiger partial charge in [-0.2, -0.15) is 19.9 Å². The Bertz CT molecular complexity index is 1600. The number of para-hydroxylation sites is 1. The Morgan fingerprint density at radius 3 is 2.60 bits per heavy atom. The summed E-state index contributed by atoms with van der Waals surface area (Å²) in [6.45, 7) is 5.50. The highest BCUT2D eigenvalue weighted by atomic mass is 16.5. The third kappa shape index (κ3) is 4.41. The predicted molar refractivity (Wildman–Crippen MR) is 131 cm³/mol. The lowest BCUT2D eigenvalue weighted by Crippen LogP contribution is -2.23. The van der Waals surface area contributed by atoms with Crippen LogP contribution < -0.4 is 15.6 Å². The van der Waals surface area contributed by atoms with Crippen LogP contribution in [0.4, 0.5) is 5.82 Å². The molecule has 0 unspecified atom stereocenters. The van der Waals surface area contributed by atoms with E-state index in [0.29, 0.717) is 28.3 Å². The second kappa shape index (κ2) is 8.90. The number of anilines is 1. The number of fused-ring (bicyclic) bond motifs is 1. The van der Waals surface area contributed by atoms with Crippen molar-refractivity contribution in [2.24, 2.45) is 0 Å². The van der Waals surface area contributed by atoms with Crippen LogP contribution in [0.3, 0.4) is 0 Å². The summed E-state index contributed by atoms with van der Waals surface area (Å²) in [5, 5.41) is 11.9. The lowest BCUT2D eigenvalue weighted by atomic mass is 10.2. The van der Waals surface area contributed by atoms with Gasteiger partial charge in [0.05, 0.1) is 17.6 Å². The summed E-state index contributed by atoms with van der Waals surface area (Å²) in [6, 6.07) is 16.9. The standard InChI is InChI=1S/C25H23N7O3/c1-15-8-10-18(11-9-15)31-23-19(13-26-31)24(34)29-25(28-23)32-21(12-17(3)30-32)27-22(33)14-35-20-7-5-4-6-16(20)2/h4-13H,14H2,1-3H3,(H,27,33)(H,28,29,34). The molecule has 10 nitrogen and oxygen atoms in total. The maximum absolute atomic E-state index is 12.8. The van der Waals surface area contributed by atoms with Gasteiger partial charge in [-0.3, -0.25) is 14.6 Å². The fraction of sp³-hybridized carbons (Fsp3) is 0.160. The Kier molecular flexibility index (Phi) is 5.61. The largest absolute Gasteiger partial charge is 0.483 e. The van der Waals surface area contributed by atoms with Gasteiger partial charge in [-0.1, -0.05) is 35.9 Å². The van der Waals surface area contributed by atoms with E-state index >= 15 is 0 Å². The molecule has 3 heterocycles. The number of aryl methyl sites for hydroxylation is 3. The smallest absolute Gasteiger partial charge is 0.263 e. The molecule has 0 saturated heterocycles. The predicted octanol–water partition coefficient (Wildman–Crippen LogP) is 3.24. The van der Waals surface area contributed by atoms with Crippen molar-refractivity contribution in [1.82, 2.24) is 29.5 Å². The number of ether oxygens (including phenoxy) is 1. The van der Waals surface area contributed by atoms with Crippen LogP contribution in [0.15, 0.2) is 65.6 Å². The number of aromatic nitrogens is 6. The van der Waals surface area contributed by atoms with Crippen LogP contribution in [0.25, 0.3) is 22.7 Å². The van der Waals surface area contributed by atoms with E-state index in [-0.39, 0.29) is 24.0 Å². The zero-order valence-corrected chi connectivity index (χ0v) is 19.4. The number of nitrogens with one attached hydrogen (secondary N) is 2. The van der Waals surface area contributed by atoms with Crippen molar-refractivity contribution >= 4 is 22.8 Å². The summed E-state index contributed by atoms with van der Waals surface area (Å²) in [6.07, 6.45) is 1.48. The number of aromatic amines is 1. The molecular weight excluding hydrogens is 446 g/mol. The fourth-order valence-electron chi connectivity index (χ4n) is 3.67. The monoisotopic (exact) mass is 469 g/mol. The van der Waals surface area contributed by atoms with Gasteiger partial charge in [-0.05, 0) is 44.5 Å². The summed E-state index contributed by atoms with van der Waals surface area (Å²) in [5.74, 6) is 0.764. The topological polar surface area (TPSA) is 120 Å². The molecule has 176 valence electrons. The van der Waals surface area contributed by atoms with Gasteiger partial charge in [-0.15, -0.1) is 0 Å². The minimum atomic E-state index is -0.373. The molecule has 3 aromatic heterocycles. The van der Waals surface area contributed by atoms with Gasteiger partial charge in [0, 0.05) is 6.07 Å². The third-order valence-electron chi connectivity index (χ3n) is 5.46. The average molecular weight is 470 g/mol. The molecule has 0 spiro atoms. The minimum Gasteiger partial charge on any atom is -0.483 e. The SMILES string of the molecule is Cc1ccc(-n2ncc3c(=O)[nH]c(-n4nc(C)cc4NC(=O)COc4ccccc4C)nc32)cc1. The Balaban J connectivity index is 1.46. The Morgan fingerprint density at radius 1 is 1.06 bits per heavy atom. The van der Waals surface area contributed by atoms with E-state index in [4.69, 9.17) is 4.74 Å². The van der Waals surface area contributed by atoms with E-state index in [9.17, 15) is 9.59 Å². The van der Waals surface area contributed by atoms with E-state index in [1.807, 2.05) is 56.3 Å². The number of hydrogen-bond donors (Lipinski definition) is 2. The molecule has 0 bridgehead atoms. The van der Waals surface area contributed by atoms with E-state index < -0.39 is 0 Å². The second-order valence-electron chi connectivity index (χ2n) is 8.20. The molecule has 0 fully saturated rings. The first-order valence-corrected chi connectivity index (χ1v) is 11.0. The highest BCUT2D eigenvalue weighted by Gasteiger charge is 2.17. The molecule has 0 radical (unpaired) electrons. The van der Waals surface area contributed by atoms with Crippen molar-refractivity contribution in [3.63, 3.8) is 0 Å². The van der Waals surface area contributed by atoms with Crippen molar-refractivity contribution in [3.8, 4) is 17.4 Å². The maximum atomic E-state index is 12.8. The van der Waals surface area contributed by atoms with E-state index in [0.717, 1.165) is 16.8 Å².